The van der Waals surface area contributed by atoms with Crippen LogP contribution in [-0.4, -0.2) is 26.3 Å². The predicted molar refractivity (Wildman–Crippen MR) is 63.3 cm³/mol. The van der Waals surface area contributed by atoms with E-state index in [1.165, 1.54) is 18.9 Å². The summed E-state index contributed by atoms with van der Waals surface area (Å²) in [5, 5.41) is 0. The molecule has 1 aromatic carbocycles. The van der Waals surface area contributed by atoms with Crippen LogP contribution in [0.15, 0.2) is 24.3 Å². The Bertz CT molecular complexity index is 342. The number of hydrogen-bond donors (Lipinski definition) is 0. The summed E-state index contributed by atoms with van der Waals surface area (Å²) in [4.78, 5) is 2.29. The lowest BCUT2D eigenvalue weighted by Crippen LogP contribution is -2.30. The maximum absolute atomic E-state index is 13.1. The number of hydrogen-bond acceptors (Lipinski definition) is 2. The molecule has 1 unspecified atom stereocenters. The van der Waals surface area contributed by atoms with E-state index in [-0.39, 0.29) is 5.82 Å². The van der Waals surface area contributed by atoms with Crippen LogP contribution in [0.5, 0.6) is 0 Å². The summed E-state index contributed by atoms with van der Waals surface area (Å²) in [5.41, 5.74) is 0.999. The van der Waals surface area contributed by atoms with Crippen molar-refractivity contribution < 1.29 is 9.13 Å². The van der Waals surface area contributed by atoms with Gasteiger partial charge in [0.25, 0.3) is 0 Å². The molecule has 3 heteroatoms. The third kappa shape index (κ3) is 2.53. The molecule has 0 N–H and O–H groups in total. The van der Waals surface area contributed by atoms with E-state index >= 15 is 0 Å². The third-order valence-electron chi connectivity index (χ3n) is 3.17. The lowest BCUT2D eigenvalue weighted by molar-refractivity contribution is 0.188. The monoisotopic (exact) mass is 223 g/mol. The van der Waals surface area contributed by atoms with Gasteiger partial charge in [0, 0.05) is 32.0 Å². The van der Waals surface area contributed by atoms with Crippen molar-refractivity contribution in [2.75, 3.05) is 25.2 Å². The number of ether oxygens (including phenoxy) is 1. The summed E-state index contributed by atoms with van der Waals surface area (Å²) in [6.45, 7) is 1.80. The highest BCUT2D eigenvalue weighted by Gasteiger charge is 2.24. The van der Waals surface area contributed by atoms with Crippen molar-refractivity contribution in [2.24, 2.45) is 0 Å². The van der Waals surface area contributed by atoms with Crippen LogP contribution in [0.25, 0.3) is 0 Å². The van der Waals surface area contributed by atoms with Crippen LogP contribution in [0.1, 0.15) is 19.3 Å². The van der Waals surface area contributed by atoms with E-state index in [9.17, 15) is 4.39 Å². The lowest BCUT2D eigenvalue weighted by atomic mass is 10.1. The first kappa shape index (κ1) is 11.4. The fourth-order valence-electron chi connectivity index (χ4n) is 2.38. The van der Waals surface area contributed by atoms with Gasteiger partial charge in [-0.1, -0.05) is 6.07 Å². The van der Waals surface area contributed by atoms with Crippen molar-refractivity contribution in [3.8, 4) is 0 Å². The minimum Gasteiger partial charge on any atom is -0.385 e. The summed E-state index contributed by atoms with van der Waals surface area (Å²) in [6, 6.07) is 7.36. The van der Waals surface area contributed by atoms with Crippen LogP contribution in [0.4, 0.5) is 10.1 Å². The molecule has 1 saturated heterocycles. The molecule has 0 saturated carbocycles. The molecule has 1 heterocycles. The van der Waals surface area contributed by atoms with Gasteiger partial charge < -0.3 is 9.64 Å². The molecule has 1 atom stereocenters. The average molecular weight is 223 g/mol. The second-order valence-electron chi connectivity index (χ2n) is 4.25. The fourth-order valence-corrected chi connectivity index (χ4v) is 2.38. The molecule has 0 radical (unpaired) electrons. The van der Waals surface area contributed by atoms with Crippen molar-refractivity contribution in [3.63, 3.8) is 0 Å². The summed E-state index contributed by atoms with van der Waals surface area (Å²) in [5.74, 6) is -0.158. The molecule has 16 heavy (non-hydrogen) atoms. The van der Waals surface area contributed by atoms with E-state index in [0.717, 1.165) is 25.3 Å². The molecule has 0 bridgehead atoms. The van der Waals surface area contributed by atoms with E-state index in [2.05, 4.69) is 4.90 Å². The maximum atomic E-state index is 13.1. The Labute approximate surface area is 96.0 Å². The number of benzene rings is 1. The third-order valence-corrected chi connectivity index (χ3v) is 3.17. The Hall–Kier alpha value is -1.09. The van der Waals surface area contributed by atoms with Crippen LogP contribution in [0.2, 0.25) is 0 Å². The molecule has 88 valence electrons. The summed E-state index contributed by atoms with van der Waals surface area (Å²) < 4.78 is 18.3. The molecule has 2 rings (SSSR count). The van der Waals surface area contributed by atoms with Gasteiger partial charge in [-0.15, -0.1) is 0 Å². The Morgan fingerprint density at radius 2 is 2.38 bits per heavy atom. The van der Waals surface area contributed by atoms with Crippen LogP contribution in [0.3, 0.4) is 0 Å². The predicted octanol–water partition coefficient (Wildman–Crippen LogP) is 2.83. The molecule has 0 aliphatic carbocycles. The Morgan fingerprint density at radius 1 is 1.50 bits per heavy atom. The molecule has 1 aliphatic rings. The van der Waals surface area contributed by atoms with E-state index in [1.807, 2.05) is 6.07 Å². The zero-order valence-corrected chi connectivity index (χ0v) is 9.66. The largest absolute Gasteiger partial charge is 0.385 e. The fraction of sp³-hybridized carbons (Fsp3) is 0.538. The van der Waals surface area contributed by atoms with E-state index < -0.39 is 0 Å². The van der Waals surface area contributed by atoms with Gasteiger partial charge in [0.2, 0.25) is 0 Å². The summed E-state index contributed by atoms with van der Waals surface area (Å²) in [7, 11) is 1.72. The van der Waals surface area contributed by atoms with Crippen molar-refractivity contribution in [3.05, 3.63) is 30.1 Å². The minimum atomic E-state index is -0.158. The van der Waals surface area contributed by atoms with Crippen LogP contribution in [-0.2, 0) is 4.74 Å². The second-order valence-corrected chi connectivity index (χ2v) is 4.25. The quantitative estimate of drug-likeness (QED) is 0.778. The zero-order chi connectivity index (χ0) is 11.4. The van der Waals surface area contributed by atoms with Crippen molar-refractivity contribution >= 4 is 5.69 Å². The average Bonchev–Trinajstić information content (AvgIpc) is 2.74. The molecule has 0 aromatic heterocycles. The smallest absolute Gasteiger partial charge is 0.125 e. The van der Waals surface area contributed by atoms with Gasteiger partial charge in [0.1, 0.15) is 5.82 Å². The van der Waals surface area contributed by atoms with Gasteiger partial charge in [-0.05, 0) is 37.5 Å². The first-order valence-corrected chi connectivity index (χ1v) is 5.82. The number of nitrogens with zero attached hydrogens (tertiary/aromatic N) is 1. The number of rotatable bonds is 4. The summed E-state index contributed by atoms with van der Waals surface area (Å²) in [6.07, 6.45) is 3.39. The Kier molecular flexibility index (Phi) is 3.78. The molecule has 2 nitrogen and oxygen atoms in total. The molecular formula is C13H18FNO. The molecule has 0 amide bonds. The normalized spacial score (nSPS) is 20.4. The topological polar surface area (TPSA) is 12.5 Å². The van der Waals surface area contributed by atoms with Gasteiger partial charge in [-0.25, -0.2) is 4.39 Å². The molecule has 0 spiro atoms. The van der Waals surface area contributed by atoms with E-state index in [1.54, 1.807) is 19.2 Å². The number of halogens is 1. The van der Waals surface area contributed by atoms with Crippen molar-refractivity contribution in [2.45, 2.75) is 25.3 Å². The number of methoxy groups -OCH3 is 1. The van der Waals surface area contributed by atoms with E-state index in [4.69, 9.17) is 4.74 Å². The van der Waals surface area contributed by atoms with Crippen LogP contribution in [0, 0.1) is 5.82 Å². The second kappa shape index (κ2) is 5.30. The molecule has 1 aromatic rings. The first-order valence-electron chi connectivity index (χ1n) is 5.82. The lowest BCUT2D eigenvalue weighted by Gasteiger charge is -2.26. The van der Waals surface area contributed by atoms with Crippen molar-refractivity contribution in [1.29, 1.82) is 0 Å². The Morgan fingerprint density at radius 3 is 3.12 bits per heavy atom. The molecular weight excluding hydrogens is 205 g/mol. The summed E-state index contributed by atoms with van der Waals surface area (Å²) >= 11 is 0. The zero-order valence-electron chi connectivity index (χ0n) is 9.66. The molecule has 1 fully saturated rings. The van der Waals surface area contributed by atoms with Gasteiger partial charge >= 0.3 is 0 Å². The van der Waals surface area contributed by atoms with Gasteiger partial charge in [0.15, 0.2) is 0 Å². The highest BCUT2D eigenvalue weighted by atomic mass is 19.1. The van der Waals surface area contributed by atoms with E-state index in [0.29, 0.717) is 6.04 Å². The maximum Gasteiger partial charge on any atom is 0.125 e. The SMILES string of the molecule is COCCC1CCCN1c1cccc(F)c1. The highest BCUT2D eigenvalue weighted by molar-refractivity contribution is 5.48. The standard InChI is InChI=1S/C13H18FNO/c1-16-9-7-12-6-3-8-15(12)13-5-2-4-11(14)10-13/h2,4-5,10,12H,3,6-9H2,1H3. The van der Waals surface area contributed by atoms with Crippen LogP contribution >= 0.6 is 0 Å². The minimum absolute atomic E-state index is 0.158. The first-order chi connectivity index (χ1) is 7.81. The van der Waals surface area contributed by atoms with Gasteiger partial charge in [-0.2, -0.15) is 0 Å². The highest BCUT2D eigenvalue weighted by Crippen LogP contribution is 2.27. The van der Waals surface area contributed by atoms with Crippen LogP contribution < -0.4 is 4.90 Å². The molecule has 1 aliphatic heterocycles. The van der Waals surface area contributed by atoms with Crippen molar-refractivity contribution in [1.82, 2.24) is 0 Å². The van der Waals surface area contributed by atoms with Gasteiger partial charge in [-0.3, -0.25) is 0 Å². The number of anilines is 1. The van der Waals surface area contributed by atoms with Gasteiger partial charge in [0.05, 0.1) is 0 Å². The Balaban J connectivity index is 2.07.